The van der Waals surface area contributed by atoms with Crippen molar-refractivity contribution >= 4 is 5.91 Å². The van der Waals surface area contributed by atoms with Crippen LogP contribution >= 0.6 is 0 Å². The first-order valence-corrected chi connectivity index (χ1v) is 8.02. The van der Waals surface area contributed by atoms with E-state index in [1.165, 1.54) is 12.8 Å². The van der Waals surface area contributed by atoms with Gasteiger partial charge in [0, 0.05) is 13.1 Å². The molecule has 1 unspecified atom stereocenters. The van der Waals surface area contributed by atoms with Crippen molar-refractivity contribution in [3.8, 4) is 0 Å². The van der Waals surface area contributed by atoms with Crippen molar-refractivity contribution in [2.75, 3.05) is 13.1 Å². The molecular formula is C16H32N2O2. The van der Waals surface area contributed by atoms with E-state index in [4.69, 9.17) is 5.73 Å². The third-order valence-electron chi connectivity index (χ3n) is 4.41. The zero-order valence-corrected chi connectivity index (χ0v) is 13.4. The Morgan fingerprint density at radius 3 is 2.30 bits per heavy atom. The van der Waals surface area contributed by atoms with Gasteiger partial charge in [-0.05, 0) is 32.1 Å². The van der Waals surface area contributed by atoms with Gasteiger partial charge in [0.15, 0.2) is 0 Å². The molecule has 1 fully saturated rings. The van der Waals surface area contributed by atoms with Crippen molar-refractivity contribution in [2.45, 2.75) is 71.3 Å². The number of nitrogens with two attached hydrogens (primary N) is 1. The fourth-order valence-corrected chi connectivity index (χ4v) is 3.34. The smallest absolute Gasteiger partial charge is 0.227 e. The minimum atomic E-state index is -0.843. The summed E-state index contributed by atoms with van der Waals surface area (Å²) in [5, 5.41) is 13.2. The number of hydrogen-bond acceptors (Lipinski definition) is 3. The lowest BCUT2D eigenvalue weighted by molar-refractivity contribution is -0.132. The van der Waals surface area contributed by atoms with Crippen LogP contribution in [0.4, 0.5) is 0 Å². The van der Waals surface area contributed by atoms with Gasteiger partial charge in [-0.3, -0.25) is 4.79 Å². The predicted octanol–water partition coefficient (Wildman–Crippen LogP) is 2.20. The van der Waals surface area contributed by atoms with Crippen LogP contribution in [0.25, 0.3) is 0 Å². The van der Waals surface area contributed by atoms with Crippen LogP contribution in [-0.2, 0) is 4.79 Å². The van der Waals surface area contributed by atoms with Gasteiger partial charge >= 0.3 is 0 Å². The molecule has 1 aliphatic rings. The molecule has 118 valence electrons. The van der Waals surface area contributed by atoms with Crippen LogP contribution in [0.3, 0.4) is 0 Å². The monoisotopic (exact) mass is 284 g/mol. The Kier molecular flexibility index (Phi) is 6.46. The minimum Gasteiger partial charge on any atom is -0.388 e. The van der Waals surface area contributed by atoms with Crippen molar-refractivity contribution in [2.24, 2.45) is 17.1 Å². The van der Waals surface area contributed by atoms with Crippen LogP contribution < -0.4 is 11.1 Å². The lowest BCUT2D eigenvalue weighted by Gasteiger charge is -2.32. The van der Waals surface area contributed by atoms with E-state index in [0.29, 0.717) is 25.4 Å². The Labute approximate surface area is 123 Å². The summed E-state index contributed by atoms with van der Waals surface area (Å²) in [6, 6.07) is 0. The highest BCUT2D eigenvalue weighted by atomic mass is 16.3. The van der Waals surface area contributed by atoms with Crippen LogP contribution in [0.2, 0.25) is 0 Å². The topological polar surface area (TPSA) is 75.3 Å². The molecule has 0 radical (unpaired) electrons. The molecule has 1 atom stereocenters. The lowest BCUT2D eigenvalue weighted by atomic mass is 9.79. The molecule has 0 aromatic carbocycles. The molecule has 0 aromatic rings. The second-order valence-electron chi connectivity index (χ2n) is 7.18. The van der Waals surface area contributed by atoms with Crippen molar-refractivity contribution in [1.29, 1.82) is 0 Å². The van der Waals surface area contributed by atoms with Crippen molar-refractivity contribution in [3.05, 3.63) is 0 Å². The first-order chi connectivity index (χ1) is 9.31. The standard InChI is InChI=1S/C16H32N2O2/c1-13(2)10-15(3,20)12-18-14(19)16(11-17)8-6-4-5-7-9-16/h13,20H,4-12,17H2,1-3H3,(H,18,19). The van der Waals surface area contributed by atoms with E-state index >= 15 is 0 Å². The van der Waals surface area contributed by atoms with Gasteiger partial charge in [0.25, 0.3) is 0 Å². The lowest BCUT2D eigenvalue weighted by Crippen LogP contribution is -2.50. The number of hydrogen-bond donors (Lipinski definition) is 3. The predicted molar refractivity (Wildman–Crippen MR) is 82.3 cm³/mol. The number of rotatable bonds is 6. The van der Waals surface area contributed by atoms with Gasteiger partial charge in [0.05, 0.1) is 11.0 Å². The van der Waals surface area contributed by atoms with E-state index in [1.54, 1.807) is 6.92 Å². The maximum atomic E-state index is 12.5. The number of aliphatic hydroxyl groups is 1. The summed E-state index contributed by atoms with van der Waals surface area (Å²) in [6.07, 6.45) is 6.98. The number of nitrogens with one attached hydrogen (secondary N) is 1. The molecule has 20 heavy (non-hydrogen) atoms. The Morgan fingerprint density at radius 2 is 1.85 bits per heavy atom. The minimum absolute atomic E-state index is 0.0333. The van der Waals surface area contributed by atoms with Gasteiger partial charge in [-0.1, -0.05) is 39.5 Å². The van der Waals surface area contributed by atoms with Crippen LogP contribution in [0, 0.1) is 11.3 Å². The van der Waals surface area contributed by atoms with Crippen LogP contribution in [0.1, 0.15) is 65.7 Å². The summed E-state index contributed by atoms with van der Waals surface area (Å²) >= 11 is 0. The fourth-order valence-electron chi connectivity index (χ4n) is 3.34. The van der Waals surface area contributed by atoms with Gasteiger partial charge < -0.3 is 16.2 Å². The Hall–Kier alpha value is -0.610. The number of carbonyl (C=O) groups excluding carboxylic acids is 1. The summed E-state index contributed by atoms with van der Waals surface area (Å²) in [6.45, 7) is 6.65. The average molecular weight is 284 g/mol. The molecule has 0 aromatic heterocycles. The molecule has 1 saturated carbocycles. The van der Waals surface area contributed by atoms with Crippen LogP contribution in [-0.4, -0.2) is 29.7 Å². The molecule has 1 rings (SSSR count). The van der Waals surface area contributed by atoms with Gasteiger partial charge in [-0.25, -0.2) is 0 Å². The maximum Gasteiger partial charge on any atom is 0.227 e. The molecule has 4 N–H and O–H groups in total. The van der Waals surface area contributed by atoms with Crippen molar-refractivity contribution < 1.29 is 9.90 Å². The molecule has 1 amide bonds. The molecule has 0 aliphatic heterocycles. The zero-order valence-electron chi connectivity index (χ0n) is 13.4. The van der Waals surface area contributed by atoms with Gasteiger partial charge in [-0.2, -0.15) is 0 Å². The van der Waals surface area contributed by atoms with E-state index in [-0.39, 0.29) is 5.91 Å². The largest absolute Gasteiger partial charge is 0.388 e. The van der Waals surface area contributed by atoms with Crippen molar-refractivity contribution in [1.82, 2.24) is 5.32 Å². The molecule has 4 nitrogen and oxygen atoms in total. The third kappa shape index (κ3) is 5.06. The average Bonchev–Trinajstić information content (AvgIpc) is 2.60. The van der Waals surface area contributed by atoms with E-state index in [9.17, 15) is 9.90 Å². The van der Waals surface area contributed by atoms with E-state index < -0.39 is 11.0 Å². The first-order valence-electron chi connectivity index (χ1n) is 8.02. The quantitative estimate of drug-likeness (QED) is 0.655. The molecular weight excluding hydrogens is 252 g/mol. The second-order valence-corrected chi connectivity index (χ2v) is 7.18. The van der Waals surface area contributed by atoms with Gasteiger partial charge in [0.1, 0.15) is 0 Å². The summed E-state index contributed by atoms with van der Waals surface area (Å²) in [5.41, 5.74) is 4.65. The highest BCUT2D eigenvalue weighted by Crippen LogP contribution is 2.34. The summed E-state index contributed by atoms with van der Waals surface area (Å²) < 4.78 is 0. The van der Waals surface area contributed by atoms with Crippen LogP contribution in [0.15, 0.2) is 0 Å². The van der Waals surface area contributed by atoms with Crippen molar-refractivity contribution in [3.63, 3.8) is 0 Å². The number of amides is 1. The maximum absolute atomic E-state index is 12.5. The molecule has 4 heteroatoms. The summed E-state index contributed by atoms with van der Waals surface area (Å²) in [5.74, 6) is 0.439. The normalized spacial score (nSPS) is 22.1. The highest BCUT2D eigenvalue weighted by Gasteiger charge is 2.37. The molecule has 1 aliphatic carbocycles. The fraction of sp³-hybridized carbons (Fsp3) is 0.938. The van der Waals surface area contributed by atoms with E-state index in [0.717, 1.165) is 25.7 Å². The third-order valence-corrected chi connectivity index (χ3v) is 4.41. The van der Waals surface area contributed by atoms with E-state index in [2.05, 4.69) is 19.2 Å². The molecule has 0 saturated heterocycles. The van der Waals surface area contributed by atoms with Gasteiger partial charge in [-0.15, -0.1) is 0 Å². The summed E-state index contributed by atoms with van der Waals surface area (Å²) in [4.78, 5) is 12.5. The Bertz CT molecular complexity index is 306. The zero-order chi connectivity index (χ0) is 15.2. The van der Waals surface area contributed by atoms with E-state index in [1.807, 2.05) is 0 Å². The Balaban J connectivity index is 2.59. The molecule has 0 spiro atoms. The summed E-state index contributed by atoms with van der Waals surface area (Å²) in [7, 11) is 0. The molecule has 0 heterocycles. The first kappa shape index (κ1) is 17.4. The van der Waals surface area contributed by atoms with Crippen LogP contribution in [0.5, 0.6) is 0 Å². The molecule has 0 bridgehead atoms. The number of carbonyl (C=O) groups is 1. The SMILES string of the molecule is CC(C)CC(C)(O)CNC(=O)C1(CN)CCCCCC1. The second kappa shape index (κ2) is 7.41. The highest BCUT2D eigenvalue weighted by molar-refractivity contribution is 5.83. The van der Waals surface area contributed by atoms with Gasteiger partial charge in [0.2, 0.25) is 5.91 Å². The Morgan fingerprint density at radius 1 is 1.30 bits per heavy atom.